The molecule has 2 aromatic heterocycles. The van der Waals surface area contributed by atoms with Gasteiger partial charge in [0.25, 0.3) is 0 Å². The molecule has 27 heavy (non-hydrogen) atoms. The summed E-state index contributed by atoms with van der Waals surface area (Å²) in [6, 6.07) is 12.9. The Morgan fingerprint density at radius 2 is 1.81 bits per heavy atom. The fourth-order valence-corrected chi connectivity index (χ4v) is 4.31. The standard InChI is InChI=1S/C19H22N4O2S2/c1-13-14(2)26-19(21-13)23-18-12-16(11-17(22-18)20-9-6-10-24)27(25)15-7-4-3-5-8-15/h3-5,7-8,11-12,24H,6,9-10H2,1-2H3,(H2,20,21,22,23). The number of hydrogen-bond donors (Lipinski definition) is 3. The van der Waals surface area contributed by atoms with Gasteiger partial charge in [0.1, 0.15) is 11.6 Å². The van der Waals surface area contributed by atoms with E-state index in [4.69, 9.17) is 5.11 Å². The Hall–Kier alpha value is -2.29. The van der Waals surface area contributed by atoms with E-state index in [0.717, 1.165) is 20.6 Å². The van der Waals surface area contributed by atoms with Gasteiger partial charge in [0, 0.05) is 22.9 Å². The zero-order chi connectivity index (χ0) is 19.2. The van der Waals surface area contributed by atoms with E-state index < -0.39 is 10.8 Å². The molecular weight excluding hydrogens is 380 g/mol. The summed E-state index contributed by atoms with van der Waals surface area (Å²) < 4.78 is 13.0. The van der Waals surface area contributed by atoms with Crippen molar-refractivity contribution in [2.75, 3.05) is 23.8 Å². The fourth-order valence-electron chi connectivity index (χ4n) is 2.38. The first-order valence-electron chi connectivity index (χ1n) is 8.61. The van der Waals surface area contributed by atoms with Crippen LogP contribution < -0.4 is 10.6 Å². The molecule has 0 amide bonds. The first-order valence-corrected chi connectivity index (χ1v) is 10.6. The molecule has 3 rings (SSSR count). The highest BCUT2D eigenvalue weighted by Gasteiger charge is 2.12. The van der Waals surface area contributed by atoms with Crippen LogP contribution in [-0.2, 0) is 10.8 Å². The highest BCUT2D eigenvalue weighted by molar-refractivity contribution is 7.85. The molecule has 0 bridgehead atoms. The number of aryl methyl sites for hydroxylation is 2. The Morgan fingerprint density at radius 3 is 2.48 bits per heavy atom. The summed E-state index contributed by atoms with van der Waals surface area (Å²) in [5, 5.41) is 16.1. The molecule has 1 unspecified atom stereocenters. The monoisotopic (exact) mass is 402 g/mol. The number of nitrogens with zero attached hydrogens (tertiary/aromatic N) is 2. The first-order chi connectivity index (χ1) is 13.1. The fraction of sp³-hybridized carbons (Fsp3) is 0.263. The largest absolute Gasteiger partial charge is 0.396 e. The van der Waals surface area contributed by atoms with Crippen LogP contribution in [0, 0.1) is 13.8 Å². The maximum absolute atomic E-state index is 13.0. The van der Waals surface area contributed by atoms with Gasteiger partial charge in [-0.05, 0) is 44.5 Å². The summed E-state index contributed by atoms with van der Waals surface area (Å²) >= 11 is 1.56. The molecule has 0 saturated carbocycles. The Balaban J connectivity index is 1.91. The number of benzene rings is 1. The summed E-state index contributed by atoms with van der Waals surface area (Å²) in [7, 11) is -1.32. The molecule has 0 fully saturated rings. The van der Waals surface area contributed by atoms with Crippen molar-refractivity contribution in [1.82, 2.24) is 9.97 Å². The van der Waals surface area contributed by atoms with E-state index in [1.807, 2.05) is 44.2 Å². The van der Waals surface area contributed by atoms with Crippen molar-refractivity contribution >= 4 is 38.9 Å². The van der Waals surface area contributed by atoms with Crippen LogP contribution in [-0.4, -0.2) is 32.4 Å². The summed E-state index contributed by atoms with van der Waals surface area (Å²) in [5.74, 6) is 1.19. The number of anilines is 3. The van der Waals surface area contributed by atoms with E-state index in [2.05, 4.69) is 20.6 Å². The van der Waals surface area contributed by atoms with Crippen LogP contribution in [0.15, 0.2) is 52.3 Å². The molecule has 8 heteroatoms. The zero-order valence-electron chi connectivity index (χ0n) is 15.2. The lowest BCUT2D eigenvalue weighted by molar-refractivity contribution is 0.292. The summed E-state index contributed by atoms with van der Waals surface area (Å²) in [5.41, 5.74) is 0.979. The Bertz CT molecular complexity index is 909. The number of aromatic nitrogens is 2. The van der Waals surface area contributed by atoms with Gasteiger partial charge in [-0.25, -0.2) is 14.2 Å². The van der Waals surface area contributed by atoms with Crippen LogP contribution in [0.3, 0.4) is 0 Å². The van der Waals surface area contributed by atoms with Crippen molar-refractivity contribution in [1.29, 1.82) is 0 Å². The second-order valence-corrected chi connectivity index (χ2v) is 8.63. The summed E-state index contributed by atoms with van der Waals surface area (Å²) in [6.07, 6.45) is 0.612. The van der Waals surface area contributed by atoms with Gasteiger partial charge in [-0.1, -0.05) is 18.2 Å². The number of pyridine rings is 1. The van der Waals surface area contributed by atoms with Gasteiger partial charge in [0.05, 0.1) is 21.4 Å². The smallest absolute Gasteiger partial charge is 0.188 e. The van der Waals surface area contributed by atoms with Crippen LogP contribution in [0.2, 0.25) is 0 Å². The molecule has 0 saturated heterocycles. The minimum absolute atomic E-state index is 0.103. The Morgan fingerprint density at radius 1 is 1.07 bits per heavy atom. The lowest BCUT2D eigenvalue weighted by Gasteiger charge is -2.11. The highest BCUT2D eigenvalue weighted by atomic mass is 32.2. The van der Waals surface area contributed by atoms with Crippen LogP contribution in [0.5, 0.6) is 0 Å². The minimum Gasteiger partial charge on any atom is -0.396 e. The molecule has 6 nitrogen and oxygen atoms in total. The van der Waals surface area contributed by atoms with E-state index >= 15 is 0 Å². The van der Waals surface area contributed by atoms with Crippen molar-refractivity contribution in [2.24, 2.45) is 0 Å². The number of thiazole rings is 1. The molecule has 142 valence electrons. The number of rotatable bonds is 8. The van der Waals surface area contributed by atoms with Crippen molar-refractivity contribution < 1.29 is 9.32 Å². The predicted octanol–water partition coefficient (Wildman–Crippen LogP) is 3.86. The van der Waals surface area contributed by atoms with E-state index in [0.29, 0.717) is 29.5 Å². The van der Waals surface area contributed by atoms with E-state index in [1.165, 1.54) is 0 Å². The normalized spacial score (nSPS) is 12.0. The van der Waals surface area contributed by atoms with Crippen molar-refractivity contribution in [3.05, 3.63) is 53.0 Å². The molecule has 3 aromatic rings. The van der Waals surface area contributed by atoms with Gasteiger partial charge in [-0.2, -0.15) is 0 Å². The zero-order valence-corrected chi connectivity index (χ0v) is 16.9. The van der Waals surface area contributed by atoms with Crippen molar-refractivity contribution in [3.8, 4) is 0 Å². The quantitative estimate of drug-likeness (QED) is 0.496. The third-order valence-corrected chi connectivity index (χ3v) is 6.23. The van der Waals surface area contributed by atoms with Crippen LogP contribution >= 0.6 is 11.3 Å². The molecule has 1 aromatic carbocycles. The average molecular weight is 403 g/mol. The molecule has 0 aliphatic heterocycles. The molecule has 0 spiro atoms. The van der Waals surface area contributed by atoms with Crippen molar-refractivity contribution in [3.63, 3.8) is 0 Å². The molecular formula is C19H22N4O2S2. The van der Waals surface area contributed by atoms with Gasteiger partial charge in [0.2, 0.25) is 0 Å². The third kappa shape index (κ3) is 5.12. The summed E-state index contributed by atoms with van der Waals surface area (Å²) in [4.78, 5) is 11.5. The predicted molar refractivity (Wildman–Crippen MR) is 110 cm³/mol. The molecule has 0 aliphatic rings. The van der Waals surface area contributed by atoms with Gasteiger partial charge in [-0.15, -0.1) is 11.3 Å². The number of aliphatic hydroxyl groups excluding tert-OH is 1. The Kier molecular flexibility index (Phi) is 6.54. The number of nitrogens with one attached hydrogen (secondary N) is 2. The van der Waals surface area contributed by atoms with E-state index in [1.54, 1.807) is 23.5 Å². The number of aliphatic hydroxyl groups is 1. The average Bonchev–Trinajstić information content (AvgIpc) is 2.99. The maximum Gasteiger partial charge on any atom is 0.188 e. The SMILES string of the molecule is Cc1nc(Nc2cc(S(=O)c3ccccc3)cc(NCCCO)n2)sc1C. The molecule has 0 radical (unpaired) electrons. The van der Waals surface area contributed by atoms with Crippen LogP contribution in [0.4, 0.5) is 16.8 Å². The highest BCUT2D eigenvalue weighted by Crippen LogP contribution is 2.27. The molecule has 3 N–H and O–H groups in total. The van der Waals surface area contributed by atoms with Gasteiger partial charge in [0.15, 0.2) is 5.13 Å². The lowest BCUT2D eigenvalue weighted by atomic mass is 10.4. The lowest BCUT2D eigenvalue weighted by Crippen LogP contribution is -2.07. The topological polar surface area (TPSA) is 87.1 Å². The summed E-state index contributed by atoms with van der Waals surface area (Å²) in [6.45, 7) is 4.67. The third-order valence-electron chi connectivity index (χ3n) is 3.87. The molecule has 1 atom stereocenters. The minimum atomic E-state index is -1.32. The van der Waals surface area contributed by atoms with Gasteiger partial charge < -0.3 is 15.7 Å². The van der Waals surface area contributed by atoms with Gasteiger partial charge in [-0.3, -0.25) is 0 Å². The maximum atomic E-state index is 13.0. The first kappa shape index (κ1) is 19.5. The second-order valence-electron chi connectivity index (χ2n) is 5.94. The van der Waals surface area contributed by atoms with Gasteiger partial charge >= 0.3 is 0 Å². The molecule has 0 aliphatic carbocycles. The van der Waals surface area contributed by atoms with Crippen LogP contribution in [0.1, 0.15) is 17.0 Å². The van der Waals surface area contributed by atoms with E-state index in [9.17, 15) is 4.21 Å². The second kappa shape index (κ2) is 9.07. The van der Waals surface area contributed by atoms with E-state index in [-0.39, 0.29) is 6.61 Å². The number of hydrogen-bond acceptors (Lipinski definition) is 7. The van der Waals surface area contributed by atoms with Crippen molar-refractivity contribution in [2.45, 2.75) is 30.1 Å². The van der Waals surface area contributed by atoms with Crippen LogP contribution in [0.25, 0.3) is 0 Å². The molecule has 2 heterocycles. The Labute approximate surface area is 165 Å².